The lowest BCUT2D eigenvalue weighted by molar-refractivity contribution is 0.428. The summed E-state index contributed by atoms with van der Waals surface area (Å²) in [6, 6.07) is 10.2. The fraction of sp³-hybridized carbons (Fsp3) is 0.0526. The van der Waals surface area contributed by atoms with E-state index in [9.17, 15) is 9.50 Å². The Morgan fingerprint density at radius 2 is 2.00 bits per heavy atom. The van der Waals surface area contributed by atoms with Crippen molar-refractivity contribution >= 4 is 22.5 Å². The maximum Gasteiger partial charge on any atom is 0.201 e. The second-order valence-corrected chi connectivity index (χ2v) is 6.15. The number of hydrogen-bond donors (Lipinski definition) is 1. The lowest BCUT2D eigenvalue weighted by Gasteiger charge is -2.09. The van der Waals surface area contributed by atoms with Gasteiger partial charge in [-0.25, -0.2) is 4.39 Å². The van der Waals surface area contributed by atoms with Crippen LogP contribution in [0, 0.1) is 5.82 Å². The van der Waals surface area contributed by atoms with Gasteiger partial charge < -0.3 is 9.67 Å². The van der Waals surface area contributed by atoms with E-state index in [1.54, 1.807) is 47.4 Å². The first-order valence-corrected chi connectivity index (χ1v) is 8.02. The van der Waals surface area contributed by atoms with E-state index < -0.39 is 0 Å². The van der Waals surface area contributed by atoms with Crippen LogP contribution in [0.3, 0.4) is 0 Å². The molecule has 0 saturated heterocycles. The number of nitrogens with zero attached hydrogens (tertiary/aromatic N) is 3. The Morgan fingerprint density at radius 3 is 2.76 bits per heavy atom. The number of rotatable bonds is 3. The molecule has 0 aliphatic rings. The molecule has 0 unspecified atom stereocenters. The first kappa shape index (κ1) is 15.6. The molecular weight excluding hydrogens is 341 g/mol. The van der Waals surface area contributed by atoms with Crippen molar-refractivity contribution < 1.29 is 9.50 Å². The van der Waals surface area contributed by atoms with Crippen molar-refractivity contribution in [2.75, 3.05) is 0 Å². The minimum atomic E-state index is -0.359. The predicted molar refractivity (Wildman–Crippen MR) is 95.1 cm³/mol. The molecular formula is C19H13ClFN3O. The van der Waals surface area contributed by atoms with Gasteiger partial charge >= 0.3 is 0 Å². The van der Waals surface area contributed by atoms with Crippen LogP contribution >= 0.6 is 11.6 Å². The Kier molecular flexibility index (Phi) is 3.86. The van der Waals surface area contributed by atoms with Crippen molar-refractivity contribution in [3.05, 3.63) is 77.6 Å². The molecule has 124 valence electrons. The van der Waals surface area contributed by atoms with Crippen LogP contribution in [0.4, 0.5) is 4.39 Å². The van der Waals surface area contributed by atoms with Crippen LogP contribution in [0.5, 0.6) is 5.88 Å². The quantitative estimate of drug-likeness (QED) is 0.583. The fourth-order valence-electron chi connectivity index (χ4n) is 2.80. The lowest BCUT2D eigenvalue weighted by Crippen LogP contribution is -2.00. The Morgan fingerprint density at radius 1 is 1.12 bits per heavy atom. The Balaban J connectivity index is 1.68. The second-order valence-electron chi connectivity index (χ2n) is 5.71. The van der Waals surface area contributed by atoms with E-state index in [4.69, 9.17) is 11.6 Å². The molecule has 0 bridgehead atoms. The van der Waals surface area contributed by atoms with Crippen LogP contribution in [0.25, 0.3) is 22.0 Å². The van der Waals surface area contributed by atoms with Crippen molar-refractivity contribution in [3.63, 3.8) is 0 Å². The van der Waals surface area contributed by atoms with E-state index in [0.29, 0.717) is 27.1 Å². The summed E-state index contributed by atoms with van der Waals surface area (Å²) in [5.41, 5.74) is 2.58. The highest BCUT2D eigenvalue weighted by atomic mass is 35.5. The third-order valence-electron chi connectivity index (χ3n) is 4.06. The maximum absolute atomic E-state index is 14.5. The van der Waals surface area contributed by atoms with Gasteiger partial charge in [0.05, 0.1) is 22.5 Å². The SMILES string of the molecule is Oc1c2cccnc2cn1Cc1ccc(-c2cncc(Cl)c2)cc1F. The Labute approximate surface area is 148 Å². The summed E-state index contributed by atoms with van der Waals surface area (Å²) in [5, 5.41) is 11.4. The lowest BCUT2D eigenvalue weighted by atomic mass is 10.1. The molecule has 1 N–H and O–H groups in total. The summed E-state index contributed by atoms with van der Waals surface area (Å²) < 4.78 is 16.1. The summed E-state index contributed by atoms with van der Waals surface area (Å²) in [4.78, 5) is 8.21. The molecule has 4 nitrogen and oxygen atoms in total. The van der Waals surface area contributed by atoms with Crippen molar-refractivity contribution in [2.45, 2.75) is 6.54 Å². The van der Waals surface area contributed by atoms with Crippen molar-refractivity contribution in [3.8, 4) is 17.0 Å². The molecule has 3 aromatic heterocycles. The van der Waals surface area contributed by atoms with Crippen molar-refractivity contribution in [1.82, 2.24) is 14.5 Å². The maximum atomic E-state index is 14.5. The number of aromatic nitrogens is 3. The molecule has 25 heavy (non-hydrogen) atoms. The highest BCUT2D eigenvalue weighted by Crippen LogP contribution is 2.28. The first-order chi connectivity index (χ1) is 12.1. The molecule has 3 heterocycles. The summed E-state index contributed by atoms with van der Waals surface area (Å²) in [6.07, 6.45) is 6.53. The second kappa shape index (κ2) is 6.18. The van der Waals surface area contributed by atoms with E-state index in [-0.39, 0.29) is 18.2 Å². The fourth-order valence-corrected chi connectivity index (χ4v) is 2.98. The molecule has 6 heteroatoms. The normalized spacial score (nSPS) is 11.1. The summed E-state index contributed by atoms with van der Waals surface area (Å²) in [6.45, 7) is 0.210. The third kappa shape index (κ3) is 2.94. The summed E-state index contributed by atoms with van der Waals surface area (Å²) >= 11 is 5.94. The van der Waals surface area contributed by atoms with E-state index in [1.165, 1.54) is 12.3 Å². The Hall–Kier alpha value is -2.92. The molecule has 0 radical (unpaired) electrons. The van der Waals surface area contributed by atoms with Gasteiger partial charge in [0, 0.05) is 35.9 Å². The highest BCUT2D eigenvalue weighted by Gasteiger charge is 2.12. The predicted octanol–water partition coefficient (Wildman–Crippen LogP) is 4.64. The average Bonchev–Trinajstić information content (AvgIpc) is 2.93. The number of halogens is 2. The number of hydrogen-bond acceptors (Lipinski definition) is 3. The van der Waals surface area contributed by atoms with E-state index >= 15 is 0 Å². The first-order valence-electron chi connectivity index (χ1n) is 7.64. The number of fused-ring (bicyclic) bond motifs is 1. The third-order valence-corrected chi connectivity index (χ3v) is 4.27. The van der Waals surface area contributed by atoms with Gasteiger partial charge in [-0.2, -0.15) is 0 Å². The molecule has 4 aromatic rings. The molecule has 0 saturated carbocycles. The minimum absolute atomic E-state index is 0.0746. The zero-order valence-corrected chi connectivity index (χ0v) is 13.8. The largest absolute Gasteiger partial charge is 0.494 e. The Bertz CT molecular complexity index is 1080. The van der Waals surface area contributed by atoms with E-state index in [2.05, 4.69) is 9.97 Å². The van der Waals surface area contributed by atoms with Gasteiger partial charge in [-0.15, -0.1) is 0 Å². The highest BCUT2D eigenvalue weighted by molar-refractivity contribution is 6.30. The van der Waals surface area contributed by atoms with Gasteiger partial charge in [-0.05, 0) is 29.8 Å². The van der Waals surface area contributed by atoms with Gasteiger partial charge in [0.25, 0.3) is 0 Å². The van der Waals surface area contributed by atoms with E-state index in [1.807, 2.05) is 6.07 Å². The standard InChI is InChI=1S/C19H13ClFN3O/c20-15-6-14(8-22-9-15)12-3-4-13(17(21)7-12)10-24-11-18-16(19(24)25)2-1-5-23-18/h1-9,11,25H,10H2. The van der Waals surface area contributed by atoms with Crippen LogP contribution in [0.15, 0.2) is 61.2 Å². The molecule has 0 fully saturated rings. The van der Waals surface area contributed by atoms with Crippen LogP contribution in [-0.4, -0.2) is 19.6 Å². The van der Waals surface area contributed by atoms with Gasteiger partial charge in [0.2, 0.25) is 5.88 Å². The summed E-state index contributed by atoms with van der Waals surface area (Å²) in [7, 11) is 0. The molecule has 1 aromatic carbocycles. The van der Waals surface area contributed by atoms with E-state index in [0.717, 1.165) is 5.56 Å². The van der Waals surface area contributed by atoms with Crippen LogP contribution in [-0.2, 0) is 6.54 Å². The summed E-state index contributed by atoms with van der Waals surface area (Å²) in [5.74, 6) is -0.284. The number of aromatic hydroxyl groups is 1. The topological polar surface area (TPSA) is 50.9 Å². The number of benzene rings is 1. The molecule has 0 atom stereocenters. The monoisotopic (exact) mass is 353 g/mol. The molecule has 0 amide bonds. The molecule has 0 aliphatic heterocycles. The molecule has 0 aliphatic carbocycles. The van der Waals surface area contributed by atoms with Crippen LogP contribution in [0.2, 0.25) is 5.02 Å². The van der Waals surface area contributed by atoms with Gasteiger partial charge in [-0.3, -0.25) is 9.97 Å². The van der Waals surface area contributed by atoms with Gasteiger partial charge in [-0.1, -0.05) is 23.7 Å². The van der Waals surface area contributed by atoms with Crippen molar-refractivity contribution in [1.29, 1.82) is 0 Å². The van der Waals surface area contributed by atoms with Gasteiger partial charge in [0.15, 0.2) is 0 Å². The zero-order chi connectivity index (χ0) is 17.4. The zero-order valence-electron chi connectivity index (χ0n) is 13.0. The van der Waals surface area contributed by atoms with Crippen LogP contribution in [0.1, 0.15) is 5.56 Å². The number of pyridine rings is 2. The smallest absolute Gasteiger partial charge is 0.201 e. The van der Waals surface area contributed by atoms with Crippen LogP contribution < -0.4 is 0 Å². The van der Waals surface area contributed by atoms with Crippen molar-refractivity contribution in [2.24, 2.45) is 0 Å². The molecule has 0 spiro atoms. The molecule has 4 rings (SSSR count). The minimum Gasteiger partial charge on any atom is -0.494 e. The van der Waals surface area contributed by atoms with Gasteiger partial charge in [0.1, 0.15) is 5.82 Å². The average molecular weight is 354 g/mol.